The second-order valence-corrected chi connectivity index (χ2v) is 5.65. The van der Waals surface area contributed by atoms with Crippen molar-refractivity contribution < 1.29 is 14.3 Å². The normalized spacial score (nSPS) is 27.2. The van der Waals surface area contributed by atoms with Gasteiger partial charge in [0.1, 0.15) is 12.4 Å². The van der Waals surface area contributed by atoms with Gasteiger partial charge in [-0.25, -0.2) is 0 Å². The van der Waals surface area contributed by atoms with Crippen LogP contribution in [-0.2, 0) is 19.7 Å². The lowest BCUT2D eigenvalue weighted by Crippen LogP contribution is -2.58. The number of carbonyl (C=O) groups is 2. The van der Waals surface area contributed by atoms with E-state index in [1.54, 1.807) is 0 Å². The molecule has 1 heterocycles. The molecule has 2 aliphatic rings. The van der Waals surface area contributed by atoms with Gasteiger partial charge in [0, 0.05) is 11.6 Å². The van der Waals surface area contributed by atoms with Crippen LogP contribution in [0.4, 0.5) is 5.69 Å². The Balaban J connectivity index is 2.18. The van der Waals surface area contributed by atoms with Gasteiger partial charge < -0.3 is 9.53 Å². The molecule has 2 unspecified atom stereocenters. The minimum Gasteiger partial charge on any atom is -0.463 e. The SMILES string of the molecule is CC(OC=O)C1(C2(C=O)CCC2)C=Nc2ccccc21. The zero-order valence-electron chi connectivity index (χ0n) is 11.4. The fourth-order valence-electron chi connectivity index (χ4n) is 3.68. The highest BCUT2D eigenvalue weighted by Crippen LogP contribution is 2.58. The monoisotopic (exact) mass is 271 g/mol. The molecule has 0 spiro atoms. The van der Waals surface area contributed by atoms with Crippen molar-refractivity contribution in [2.75, 3.05) is 0 Å². The Hall–Kier alpha value is -1.97. The molecule has 1 aromatic rings. The van der Waals surface area contributed by atoms with Crippen molar-refractivity contribution in [3.05, 3.63) is 29.8 Å². The van der Waals surface area contributed by atoms with Gasteiger partial charge in [0.25, 0.3) is 6.47 Å². The highest BCUT2D eigenvalue weighted by molar-refractivity contribution is 5.92. The summed E-state index contributed by atoms with van der Waals surface area (Å²) in [5, 5.41) is 0. The Labute approximate surface area is 117 Å². The molecule has 0 amide bonds. The van der Waals surface area contributed by atoms with Gasteiger partial charge in [-0.3, -0.25) is 9.79 Å². The molecule has 1 aliphatic heterocycles. The van der Waals surface area contributed by atoms with Crippen molar-refractivity contribution in [1.82, 2.24) is 0 Å². The third-order valence-electron chi connectivity index (χ3n) is 4.95. The Bertz CT molecular complexity index is 577. The van der Waals surface area contributed by atoms with E-state index in [1.807, 2.05) is 37.4 Å². The first-order valence-corrected chi connectivity index (χ1v) is 6.90. The molecule has 1 saturated carbocycles. The number of fused-ring (bicyclic) bond motifs is 1. The van der Waals surface area contributed by atoms with Crippen LogP contribution in [0, 0.1) is 5.41 Å². The molecule has 20 heavy (non-hydrogen) atoms. The first-order valence-electron chi connectivity index (χ1n) is 6.90. The summed E-state index contributed by atoms with van der Waals surface area (Å²) in [6, 6.07) is 7.77. The largest absolute Gasteiger partial charge is 0.463 e. The fraction of sp³-hybridized carbons (Fsp3) is 0.438. The Morgan fingerprint density at radius 2 is 2.05 bits per heavy atom. The van der Waals surface area contributed by atoms with E-state index in [0.29, 0.717) is 6.47 Å². The topological polar surface area (TPSA) is 55.7 Å². The van der Waals surface area contributed by atoms with Crippen LogP contribution in [0.15, 0.2) is 29.3 Å². The van der Waals surface area contributed by atoms with Crippen LogP contribution in [0.25, 0.3) is 0 Å². The van der Waals surface area contributed by atoms with Gasteiger partial charge in [-0.15, -0.1) is 0 Å². The van der Waals surface area contributed by atoms with Crippen LogP contribution in [0.3, 0.4) is 0 Å². The standard InChI is InChI=1S/C16H17NO3/c1-12(20-11-19)16(15(10-18)7-4-8-15)9-17-14-6-3-2-5-13(14)16/h2-3,5-6,9-12H,4,7-8H2,1H3. The quantitative estimate of drug-likeness (QED) is 0.773. The van der Waals surface area contributed by atoms with Gasteiger partial charge in [-0.05, 0) is 31.4 Å². The van der Waals surface area contributed by atoms with E-state index in [4.69, 9.17) is 4.74 Å². The third-order valence-corrected chi connectivity index (χ3v) is 4.95. The highest BCUT2D eigenvalue weighted by Gasteiger charge is 2.60. The summed E-state index contributed by atoms with van der Waals surface area (Å²) in [6.45, 7) is 2.30. The predicted molar refractivity (Wildman–Crippen MR) is 75.2 cm³/mol. The lowest BCUT2D eigenvalue weighted by molar-refractivity contribution is -0.143. The van der Waals surface area contributed by atoms with Gasteiger partial charge in [0.2, 0.25) is 0 Å². The van der Waals surface area contributed by atoms with E-state index in [-0.39, 0.29) is 0 Å². The van der Waals surface area contributed by atoms with Crippen molar-refractivity contribution in [3.8, 4) is 0 Å². The van der Waals surface area contributed by atoms with Gasteiger partial charge in [-0.2, -0.15) is 0 Å². The van der Waals surface area contributed by atoms with E-state index in [0.717, 1.165) is 36.8 Å². The summed E-state index contributed by atoms with van der Waals surface area (Å²) < 4.78 is 5.24. The molecular formula is C16H17NO3. The minimum absolute atomic E-state index is 0.419. The molecule has 0 N–H and O–H groups in total. The van der Waals surface area contributed by atoms with Crippen molar-refractivity contribution in [2.24, 2.45) is 10.4 Å². The summed E-state index contributed by atoms with van der Waals surface area (Å²) in [5.41, 5.74) is 0.707. The van der Waals surface area contributed by atoms with Gasteiger partial charge in [-0.1, -0.05) is 24.6 Å². The molecular weight excluding hydrogens is 254 g/mol. The number of benzene rings is 1. The number of carbonyl (C=O) groups excluding carboxylic acids is 2. The second kappa shape index (κ2) is 4.54. The zero-order valence-corrected chi connectivity index (χ0v) is 11.4. The number of nitrogens with zero attached hydrogens (tertiary/aromatic N) is 1. The number of ether oxygens (including phenoxy) is 1. The number of aliphatic imine (C=N–C) groups is 1. The number of rotatable bonds is 5. The van der Waals surface area contributed by atoms with Gasteiger partial charge >= 0.3 is 0 Å². The second-order valence-electron chi connectivity index (χ2n) is 5.65. The maximum Gasteiger partial charge on any atom is 0.293 e. The molecule has 1 aliphatic carbocycles. The van der Waals surface area contributed by atoms with Crippen LogP contribution in [0.1, 0.15) is 31.7 Å². The maximum atomic E-state index is 11.8. The van der Waals surface area contributed by atoms with E-state index in [1.165, 1.54) is 0 Å². The summed E-state index contributed by atoms with van der Waals surface area (Å²) in [5.74, 6) is 0. The molecule has 0 aromatic heterocycles. The molecule has 1 fully saturated rings. The van der Waals surface area contributed by atoms with Crippen LogP contribution in [0.5, 0.6) is 0 Å². The lowest BCUT2D eigenvalue weighted by atomic mass is 9.50. The number of para-hydroxylation sites is 1. The number of hydrogen-bond acceptors (Lipinski definition) is 4. The summed E-state index contributed by atoms with van der Waals surface area (Å²) in [4.78, 5) is 27.1. The van der Waals surface area contributed by atoms with Crippen LogP contribution in [0.2, 0.25) is 0 Å². The predicted octanol–water partition coefficient (Wildman–Crippen LogP) is 2.57. The van der Waals surface area contributed by atoms with Gasteiger partial charge in [0.05, 0.1) is 11.1 Å². The Morgan fingerprint density at radius 3 is 2.65 bits per heavy atom. The summed E-state index contributed by atoms with van der Waals surface area (Å²) in [7, 11) is 0. The first-order chi connectivity index (χ1) is 9.70. The van der Waals surface area contributed by atoms with Gasteiger partial charge in [0.15, 0.2) is 0 Å². The molecule has 104 valence electrons. The summed E-state index contributed by atoms with van der Waals surface area (Å²) >= 11 is 0. The molecule has 4 heteroatoms. The van der Waals surface area contributed by atoms with Crippen molar-refractivity contribution >= 4 is 24.7 Å². The van der Waals surface area contributed by atoms with Crippen molar-refractivity contribution in [3.63, 3.8) is 0 Å². The number of hydrogen-bond donors (Lipinski definition) is 0. The smallest absolute Gasteiger partial charge is 0.293 e. The number of aldehydes is 1. The minimum atomic E-state index is -0.634. The summed E-state index contributed by atoms with van der Waals surface area (Å²) in [6.07, 6.45) is 5.07. The average Bonchev–Trinajstić information content (AvgIpc) is 2.80. The molecule has 0 radical (unpaired) electrons. The van der Waals surface area contributed by atoms with Crippen LogP contribution < -0.4 is 0 Å². The molecule has 1 aromatic carbocycles. The molecule has 4 nitrogen and oxygen atoms in total. The van der Waals surface area contributed by atoms with E-state index in [2.05, 4.69) is 4.99 Å². The van der Waals surface area contributed by atoms with E-state index in [9.17, 15) is 9.59 Å². The molecule has 0 bridgehead atoms. The molecule has 0 saturated heterocycles. The van der Waals surface area contributed by atoms with Crippen LogP contribution in [-0.4, -0.2) is 25.1 Å². The highest BCUT2D eigenvalue weighted by atomic mass is 16.5. The van der Waals surface area contributed by atoms with Crippen molar-refractivity contribution in [2.45, 2.75) is 37.7 Å². The van der Waals surface area contributed by atoms with Crippen molar-refractivity contribution in [1.29, 1.82) is 0 Å². The zero-order chi connectivity index (χ0) is 14.2. The maximum absolute atomic E-state index is 11.8. The molecule has 3 rings (SSSR count). The average molecular weight is 271 g/mol. The molecule has 2 atom stereocenters. The van der Waals surface area contributed by atoms with E-state index >= 15 is 0 Å². The van der Waals surface area contributed by atoms with Crippen LogP contribution >= 0.6 is 0 Å². The fourth-order valence-corrected chi connectivity index (χ4v) is 3.68. The Morgan fingerprint density at radius 1 is 1.30 bits per heavy atom. The van der Waals surface area contributed by atoms with E-state index < -0.39 is 16.9 Å². The Kier molecular flexibility index (Phi) is 2.96. The first kappa shape index (κ1) is 13.0. The lowest BCUT2D eigenvalue weighted by Gasteiger charge is -2.51. The third kappa shape index (κ3) is 1.45.